The van der Waals surface area contributed by atoms with Crippen molar-refractivity contribution in [1.29, 1.82) is 0 Å². The van der Waals surface area contributed by atoms with E-state index >= 15 is 0 Å². The molecule has 2 N–H and O–H groups in total. The summed E-state index contributed by atoms with van der Waals surface area (Å²) >= 11 is 2.78. The number of thioether (sulfide) groups is 1. The fourth-order valence-electron chi connectivity index (χ4n) is 3.95. The zero-order chi connectivity index (χ0) is 27.4. The molecular formula is C30H28N4O3S2. The van der Waals surface area contributed by atoms with Gasteiger partial charge in [-0.05, 0) is 62.4 Å². The molecule has 0 aliphatic rings. The van der Waals surface area contributed by atoms with Crippen molar-refractivity contribution in [2.24, 2.45) is 0 Å². The van der Waals surface area contributed by atoms with Gasteiger partial charge < -0.3 is 19.8 Å². The third-order valence-corrected chi connectivity index (χ3v) is 7.91. The van der Waals surface area contributed by atoms with Crippen LogP contribution in [0.5, 0.6) is 11.5 Å². The van der Waals surface area contributed by atoms with E-state index < -0.39 is 5.25 Å². The molecule has 2 aromatic heterocycles. The minimum atomic E-state index is -0.407. The maximum Gasteiger partial charge on any atom is 0.239 e. The molecule has 0 bridgehead atoms. The summed E-state index contributed by atoms with van der Waals surface area (Å²) in [5.74, 6) is 1.41. The van der Waals surface area contributed by atoms with E-state index in [0.717, 1.165) is 45.3 Å². The third-order valence-electron chi connectivity index (χ3n) is 6.16. The Balaban J connectivity index is 1.35. The van der Waals surface area contributed by atoms with Crippen LogP contribution in [-0.2, 0) is 4.79 Å². The summed E-state index contributed by atoms with van der Waals surface area (Å²) in [4.78, 5) is 26.0. The predicted octanol–water partition coefficient (Wildman–Crippen LogP) is 7.31. The maximum atomic E-state index is 13.0. The molecule has 5 aromatic rings. The van der Waals surface area contributed by atoms with Gasteiger partial charge in [-0.25, -0.2) is 9.97 Å². The van der Waals surface area contributed by atoms with Crippen LogP contribution in [0.4, 0.5) is 5.13 Å². The number of nitrogens with zero attached hydrogens (tertiary/aromatic N) is 2. The molecule has 198 valence electrons. The summed E-state index contributed by atoms with van der Waals surface area (Å²) in [6.45, 7) is 3.91. The van der Waals surface area contributed by atoms with Crippen LogP contribution in [0, 0.1) is 6.92 Å². The van der Waals surface area contributed by atoms with E-state index in [1.807, 2.05) is 73.0 Å². The minimum Gasteiger partial charge on any atom is -0.497 e. The van der Waals surface area contributed by atoms with E-state index in [4.69, 9.17) is 14.5 Å². The number of rotatable bonds is 9. The Kier molecular flexibility index (Phi) is 7.99. The van der Waals surface area contributed by atoms with Crippen molar-refractivity contribution in [3.05, 3.63) is 83.7 Å². The molecule has 1 unspecified atom stereocenters. The first-order chi connectivity index (χ1) is 18.9. The summed E-state index contributed by atoms with van der Waals surface area (Å²) in [5, 5.41) is 5.71. The van der Waals surface area contributed by atoms with Crippen molar-refractivity contribution in [3.63, 3.8) is 0 Å². The van der Waals surface area contributed by atoms with Gasteiger partial charge in [-0.2, -0.15) is 0 Å². The third kappa shape index (κ3) is 6.16. The fraction of sp³-hybridized carbons (Fsp3) is 0.167. The molecule has 3 aromatic carbocycles. The van der Waals surface area contributed by atoms with Crippen LogP contribution in [0.15, 0.2) is 83.3 Å². The highest BCUT2D eigenvalue weighted by atomic mass is 32.2. The van der Waals surface area contributed by atoms with Crippen molar-refractivity contribution >= 4 is 34.1 Å². The van der Waals surface area contributed by atoms with Crippen LogP contribution >= 0.6 is 23.1 Å². The number of methoxy groups -OCH3 is 2. The van der Waals surface area contributed by atoms with Crippen molar-refractivity contribution in [2.45, 2.75) is 24.3 Å². The molecule has 1 amide bonds. The Morgan fingerprint density at radius 2 is 1.46 bits per heavy atom. The van der Waals surface area contributed by atoms with Gasteiger partial charge in [0.1, 0.15) is 11.5 Å². The van der Waals surface area contributed by atoms with Crippen molar-refractivity contribution in [1.82, 2.24) is 15.0 Å². The molecule has 0 radical (unpaired) electrons. The molecule has 0 saturated heterocycles. The van der Waals surface area contributed by atoms with Gasteiger partial charge >= 0.3 is 0 Å². The lowest BCUT2D eigenvalue weighted by atomic mass is 10.0. The lowest BCUT2D eigenvalue weighted by Crippen LogP contribution is -2.22. The van der Waals surface area contributed by atoms with Gasteiger partial charge in [-0.15, -0.1) is 11.3 Å². The average Bonchev–Trinajstić information content (AvgIpc) is 3.61. The molecule has 5 rings (SSSR count). The molecule has 9 heteroatoms. The van der Waals surface area contributed by atoms with Gasteiger partial charge in [0.15, 0.2) is 10.3 Å². The molecule has 0 aliphatic carbocycles. The molecule has 0 spiro atoms. The van der Waals surface area contributed by atoms with Gasteiger partial charge in [0, 0.05) is 22.1 Å². The number of aromatic amines is 1. The highest BCUT2D eigenvalue weighted by Crippen LogP contribution is 2.35. The summed E-state index contributed by atoms with van der Waals surface area (Å²) in [5.41, 5.74) is 6.61. The summed E-state index contributed by atoms with van der Waals surface area (Å²) < 4.78 is 10.6. The smallest absolute Gasteiger partial charge is 0.239 e. The van der Waals surface area contributed by atoms with E-state index in [1.54, 1.807) is 14.2 Å². The number of nitrogens with one attached hydrogen (secondary N) is 2. The average molecular weight is 557 g/mol. The highest BCUT2D eigenvalue weighted by molar-refractivity contribution is 8.00. The molecular weight excluding hydrogens is 528 g/mol. The van der Waals surface area contributed by atoms with E-state index in [2.05, 4.69) is 34.3 Å². The predicted molar refractivity (Wildman–Crippen MR) is 159 cm³/mol. The lowest BCUT2D eigenvalue weighted by Gasteiger charge is -2.08. The number of H-pyrrole nitrogens is 1. The van der Waals surface area contributed by atoms with Crippen LogP contribution in [0.3, 0.4) is 0 Å². The van der Waals surface area contributed by atoms with Crippen LogP contribution in [0.25, 0.3) is 33.8 Å². The molecule has 7 nitrogen and oxygen atoms in total. The SMILES string of the molecule is COc1ccc(-c2nc(SC(C)C(=O)Nc3nc(-c4ccc(C)cc4)cs3)[nH]c2-c2ccc(OC)cc2)cc1. The quantitative estimate of drug-likeness (QED) is 0.185. The first-order valence-electron chi connectivity index (χ1n) is 12.3. The number of carbonyl (C=O) groups excluding carboxylic acids is 1. The standard InChI is InChI=1S/C30H28N4O3S2/c1-18-5-7-20(8-6-18)25-17-38-29(31-25)34-28(35)19(2)39-30-32-26(21-9-13-23(36-3)14-10-21)27(33-30)22-11-15-24(37-4)16-12-22/h5-17,19H,1-4H3,(H,32,33)(H,31,34,35). The number of amides is 1. The second kappa shape index (κ2) is 11.8. The minimum absolute atomic E-state index is 0.141. The first kappa shape index (κ1) is 26.5. The lowest BCUT2D eigenvalue weighted by molar-refractivity contribution is -0.115. The second-order valence-electron chi connectivity index (χ2n) is 8.88. The monoisotopic (exact) mass is 556 g/mol. The van der Waals surface area contributed by atoms with Crippen molar-refractivity contribution in [3.8, 4) is 45.3 Å². The maximum absolute atomic E-state index is 13.0. The molecule has 39 heavy (non-hydrogen) atoms. The molecule has 0 fully saturated rings. The number of ether oxygens (including phenoxy) is 2. The Morgan fingerprint density at radius 3 is 2.08 bits per heavy atom. The van der Waals surface area contributed by atoms with E-state index in [1.165, 1.54) is 28.7 Å². The number of thiazole rings is 1. The summed E-state index contributed by atoms with van der Waals surface area (Å²) in [6, 6.07) is 23.7. The van der Waals surface area contributed by atoms with Crippen LogP contribution in [0.1, 0.15) is 12.5 Å². The number of carbonyl (C=O) groups is 1. The summed E-state index contributed by atoms with van der Waals surface area (Å²) in [7, 11) is 3.28. The van der Waals surface area contributed by atoms with Gasteiger partial charge in [-0.3, -0.25) is 4.79 Å². The Morgan fingerprint density at radius 1 is 0.872 bits per heavy atom. The Bertz CT molecular complexity index is 1490. The number of anilines is 1. The Labute approximate surface area is 235 Å². The molecule has 1 atom stereocenters. The van der Waals surface area contributed by atoms with Gasteiger partial charge in [0.05, 0.1) is 36.6 Å². The number of hydrogen-bond acceptors (Lipinski definition) is 7. The van der Waals surface area contributed by atoms with E-state index in [9.17, 15) is 4.79 Å². The zero-order valence-corrected chi connectivity index (χ0v) is 23.7. The highest BCUT2D eigenvalue weighted by Gasteiger charge is 2.21. The first-order valence-corrected chi connectivity index (χ1v) is 14.1. The molecule has 0 saturated carbocycles. The van der Waals surface area contributed by atoms with Crippen molar-refractivity contribution in [2.75, 3.05) is 19.5 Å². The van der Waals surface area contributed by atoms with Crippen LogP contribution in [0.2, 0.25) is 0 Å². The number of benzene rings is 3. The van der Waals surface area contributed by atoms with Gasteiger partial charge in [0.25, 0.3) is 0 Å². The number of aromatic nitrogens is 3. The number of hydrogen-bond donors (Lipinski definition) is 2. The van der Waals surface area contributed by atoms with Gasteiger partial charge in [0.2, 0.25) is 5.91 Å². The van der Waals surface area contributed by atoms with Crippen LogP contribution in [-0.4, -0.2) is 40.3 Å². The number of imidazole rings is 1. The van der Waals surface area contributed by atoms with E-state index in [-0.39, 0.29) is 5.91 Å². The fourth-order valence-corrected chi connectivity index (χ4v) is 5.48. The topological polar surface area (TPSA) is 89.1 Å². The normalized spacial score (nSPS) is 11.7. The molecule has 2 heterocycles. The second-order valence-corrected chi connectivity index (χ2v) is 11.1. The van der Waals surface area contributed by atoms with Crippen molar-refractivity contribution < 1.29 is 14.3 Å². The largest absolute Gasteiger partial charge is 0.497 e. The Hall–Kier alpha value is -4.08. The summed E-state index contributed by atoms with van der Waals surface area (Å²) in [6.07, 6.45) is 0. The zero-order valence-electron chi connectivity index (χ0n) is 22.0. The number of aryl methyl sites for hydroxylation is 1. The van der Waals surface area contributed by atoms with E-state index in [0.29, 0.717) is 10.3 Å². The van der Waals surface area contributed by atoms with Gasteiger partial charge in [-0.1, -0.05) is 41.6 Å². The molecule has 0 aliphatic heterocycles. The van der Waals surface area contributed by atoms with Crippen LogP contribution < -0.4 is 14.8 Å².